The molecular weight excluding hydrogens is 337 g/mol. The molecule has 1 aliphatic heterocycles. The third-order valence-corrected chi connectivity index (χ3v) is 5.19. The van der Waals surface area contributed by atoms with Crippen LogP contribution >= 0.6 is 23.2 Å². The van der Waals surface area contributed by atoms with E-state index in [1.165, 1.54) is 0 Å². The summed E-state index contributed by atoms with van der Waals surface area (Å²) in [6, 6.07) is 5.32. The van der Waals surface area contributed by atoms with Crippen molar-refractivity contribution in [2.24, 2.45) is 5.92 Å². The van der Waals surface area contributed by atoms with Crippen LogP contribution in [0.3, 0.4) is 0 Å². The normalized spacial score (nSPS) is 26.4. The molecule has 1 N–H and O–H groups in total. The number of likely N-dealkylation sites (tertiary alicyclic amines) is 1. The Balaban J connectivity index is 1.43. The number of aliphatic hydroxyl groups is 1. The molecule has 1 heterocycles. The fourth-order valence-electron chi connectivity index (χ4n) is 3.65. The zero-order valence-corrected chi connectivity index (χ0v) is 14.4. The molecule has 23 heavy (non-hydrogen) atoms. The summed E-state index contributed by atoms with van der Waals surface area (Å²) in [5, 5.41) is 10.8. The molecular formula is C17H21Cl2NO3. The third-order valence-electron chi connectivity index (χ3n) is 4.66. The van der Waals surface area contributed by atoms with Crippen LogP contribution in [0.1, 0.15) is 32.1 Å². The summed E-state index contributed by atoms with van der Waals surface area (Å²) in [6.45, 7) is 1.24. The number of ether oxygens (including phenoxy) is 1. The van der Waals surface area contributed by atoms with Crippen LogP contribution in [-0.2, 0) is 4.79 Å². The van der Waals surface area contributed by atoms with E-state index in [0.717, 1.165) is 25.8 Å². The summed E-state index contributed by atoms with van der Waals surface area (Å²) < 4.78 is 5.61. The van der Waals surface area contributed by atoms with Crippen LogP contribution < -0.4 is 4.74 Å². The van der Waals surface area contributed by atoms with Gasteiger partial charge < -0.3 is 14.7 Å². The fraction of sp³-hybridized carbons (Fsp3) is 0.588. The Morgan fingerprint density at radius 3 is 2.91 bits per heavy atom. The number of hydrogen-bond donors (Lipinski definition) is 1. The number of carbonyl (C=O) groups is 1. The Morgan fingerprint density at radius 1 is 1.30 bits per heavy atom. The van der Waals surface area contributed by atoms with Crippen LogP contribution in [0.5, 0.6) is 5.75 Å². The molecule has 3 unspecified atom stereocenters. The molecule has 1 saturated carbocycles. The lowest BCUT2D eigenvalue weighted by molar-refractivity contribution is -0.132. The molecule has 3 rings (SSSR count). The van der Waals surface area contributed by atoms with Gasteiger partial charge in [-0.15, -0.1) is 0 Å². The van der Waals surface area contributed by atoms with Gasteiger partial charge in [-0.3, -0.25) is 4.79 Å². The van der Waals surface area contributed by atoms with Crippen LogP contribution in [-0.4, -0.2) is 41.2 Å². The van der Waals surface area contributed by atoms with Gasteiger partial charge in [-0.1, -0.05) is 23.2 Å². The minimum Gasteiger partial charge on any atom is -0.492 e. The summed E-state index contributed by atoms with van der Waals surface area (Å²) >= 11 is 11.9. The molecule has 1 aromatic rings. The van der Waals surface area contributed by atoms with Gasteiger partial charge in [-0.05, 0) is 49.8 Å². The summed E-state index contributed by atoms with van der Waals surface area (Å²) in [5.74, 6) is 1.22. The lowest BCUT2D eigenvalue weighted by atomic mass is 9.88. The van der Waals surface area contributed by atoms with Crippen molar-refractivity contribution in [2.75, 3.05) is 13.2 Å². The van der Waals surface area contributed by atoms with Crippen LogP contribution in [0.2, 0.25) is 10.0 Å². The van der Waals surface area contributed by atoms with Gasteiger partial charge in [0.1, 0.15) is 5.75 Å². The molecule has 4 nitrogen and oxygen atoms in total. The van der Waals surface area contributed by atoms with Crippen LogP contribution in [0.15, 0.2) is 18.2 Å². The minimum atomic E-state index is -0.244. The number of fused-ring (bicyclic) bond motifs is 2. The minimum absolute atomic E-state index is 0.164. The Bertz CT molecular complexity index is 581. The van der Waals surface area contributed by atoms with Crippen molar-refractivity contribution in [1.29, 1.82) is 0 Å². The maximum atomic E-state index is 12.4. The number of carbonyl (C=O) groups excluding carboxylic acids is 1. The van der Waals surface area contributed by atoms with E-state index in [0.29, 0.717) is 41.2 Å². The molecule has 0 radical (unpaired) electrons. The molecule has 1 amide bonds. The van der Waals surface area contributed by atoms with Crippen molar-refractivity contribution in [3.8, 4) is 5.75 Å². The Labute approximate surface area is 146 Å². The standard InChI is InChI=1S/C17H21Cl2NO3/c18-12-3-4-16(15(19)8-12)23-5-1-2-17(22)20-10-11-6-13(20)9-14(21)7-11/h3-4,8,11,13-14,21H,1-2,5-7,9-10H2. The van der Waals surface area contributed by atoms with Gasteiger partial charge in [0.05, 0.1) is 17.7 Å². The average Bonchev–Trinajstić information content (AvgIpc) is 2.80. The first kappa shape index (κ1) is 16.9. The van der Waals surface area contributed by atoms with Crippen molar-refractivity contribution in [2.45, 2.75) is 44.2 Å². The number of nitrogens with zero attached hydrogens (tertiary/aromatic N) is 1. The summed E-state index contributed by atoms with van der Waals surface area (Å²) in [6.07, 6.45) is 3.46. The maximum Gasteiger partial charge on any atom is 0.222 e. The van der Waals surface area contributed by atoms with Crippen molar-refractivity contribution < 1.29 is 14.6 Å². The molecule has 1 saturated heterocycles. The van der Waals surface area contributed by atoms with Gasteiger partial charge in [0.2, 0.25) is 5.91 Å². The third kappa shape index (κ3) is 4.11. The first-order chi connectivity index (χ1) is 11.0. The first-order valence-corrected chi connectivity index (χ1v) is 8.84. The van der Waals surface area contributed by atoms with Crippen LogP contribution in [0, 0.1) is 5.92 Å². The van der Waals surface area contributed by atoms with E-state index < -0.39 is 0 Å². The van der Waals surface area contributed by atoms with Gasteiger partial charge in [0.15, 0.2) is 0 Å². The van der Waals surface area contributed by atoms with Crippen LogP contribution in [0.25, 0.3) is 0 Å². The van der Waals surface area contributed by atoms with Gasteiger partial charge in [0, 0.05) is 24.0 Å². The van der Waals surface area contributed by atoms with E-state index in [1.54, 1.807) is 18.2 Å². The lowest BCUT2D eigenvalue weighted by Crippen LogP contribution is -2.36. The highest BCUT2D eigenvalue weighted by atomic mass is 35.5. The molecule has 0 aromatic heterocycles. The van der Waals surface area contributed by atoms with E-state index >= 15 is 0 Å². The number of hydrogen-bond acceptors (Lipinski definition) is 3. The van der Waals surface area contributed by atoms with Gasteiger partial charge >= 0.3 is 0 Å². The van der Waals surface area contributed by atoms with Gasteiger partial charge in [-0.2, -0.15) is 0 Å². The Kier molecular flexibility index (Phi) is 5.34. The zero-order valence-electron chi connectivity index (χ0n) is 12.9. The zero-order chi connectivity index (χ0) is 16.4. The number of benzene rings is 1. The van der Waals surface area contributed by atoms with Crippen LogP contribution in [0.4, 0.5) is 0 Å². The number of amides is 1. The smallest absolute Gasteiger partial charge is 0.222 e. The highest BCUT2D eigenvalue weighted by Gasteiger charge is 2.40. The van der Waals surface area contributed by atoms with Gasteiger partial charge in [-0.25, -0.2) is 0 Å². The predicted octanol–water partition coefficient (Wildman–Crippen LogP) is 3.52. The molecule has 2 aliphatic rings. The summed E-state index contributed by atoms with van der Waals surface area (Å²) in [5.41, 5.74) is 0. The molecule has 126 valence electrons. The lowest BCUT2D eigenvalue weighted by Gasteiger charge is -2.27. The van der Waals surface area contributed by atoms with Gasteiger partial charge in [0.25, 0.3) is 0 Å². The van der Waals surface area contributed by atoms with Crippen molar-refractivity contribution in [3.05, 3.63) is 28.2 Å². The second-order valence-corrected chi connectivity index (χ2v) is 7.30. The van der Waals surface area contributed by atoms with E-state index in [2.05, 4.69) is 0 Å². The van der Waals surface area contributed by atoms with Crippen molar-refractivity contribution in [3.63, 3.8) is 0 Å². The first-order valence-electron chi connectivity index (χ1n) is 8.08. The topological polar surface area (TPSA) is 49.8 Å². The second-order valence-electron chi connectivity index (χ2n) is 6.45. The molecule has 1 aromatic carbocycles. The average molecular weight is 358 g/mol. The van der Waals surface area contributed by atoms with E-state index in [-0.39, 0.29) is 18.1 Å². The Hall–Kier alpha value is -0.970. The van der Waals surface area contributed by atoms with Crippen molar-refractivity contribution >= 4 is 29.1 Å². The maximum absolute atomic E-state index is 12.4. The predicted molar refractivity (Wildman–Crippen MR) is 90.0 cm³/mol. The number of halogens is 2. The molecule has 2 bridgehead atoms. The molecule has 6 heteroatoms. The fourth-order valence-corrected chi connectivity index (χ4v) is 4.11. The second kappa shape index (κ2) is 7.29. The molecule has 1 aliphatic carbocycles. The monoisotopic (exact) mass is 357 g/mol. The molecule has 0 spiro atoms. The largest absolute Gasteiger partial charge is 0.492 e. The summed E-state index contributed by atoms with van der Waals surface area (Å²) in [7, 11) is 0. The highest BCUT2D eigenvalue weighted by Crippen LogP contribution is 2.36. The van der Waals surface area contributed by atoms with E-state index in [1.807, 2.05) is 4.90 Å². The van der Waals surface area contributed by atoms with E-state index in [4.69, 9.17) is 27.9 Å². The molecule has 2 fully saturated rings. The SMILES string of the molecule is O=C(CCCOc1ccc(Cl)cc1Cl)N1CC2CC(O)CC1C2. The van der Waals surface area contributed by atoms with Crippen molar-refractivity contribution in [1.82, 2.24) is 4.90 Å². The highest BCUT2D eigenvalue weighted by molar-refractivity contribution is 6.35. The quantitative estimate of drug-likeness (QED) is 0.820. The Morgan fingerprint density at radius 2 is 2.13 bits per heavy atom. The summed E-state index contributed by atoms with van der Waals surface area (Å²) in [4.78, 5) is 14.3. The molecule has 3 atom stereocenters. The number of aliphatic hydroxyl groups excluding tert-OH is 1. The van der Waals surface area contributed by atoms with E-state index in [9.17, 15) is 9.90 Å². The number of rotatable bonds is 5.